The molecule has 5 nitrogen and oxygen atoms in total. The van der Waals surface area contributed by atoms with Crippen LogP contribution in [0.2, 0.25) is 0 Å². The SMILES string of the molecule is CC(C)(C)OC(=O)N1CCC[C@H]1CNC1(c2ccc(F)c(OC(F)(F)F)c2)CC1. The molecule has 1 N–H and O–H groups in total. The number of amides is 1. The minimum atomic E-state index is -4.96. The largest absolute Gasteiger partial charge is 0.573 e. The van der Waals surface area contributed by atoms with E-state index in [1.807, 2.05) is 20.8 Å². The molecule has 1 atom stereocenters. The van der Waals surface area contributed by atoms with E-state index < -0.39 is 29.1 Å². The van der Waals surface area contributed by atoms with Gasteiger partial charge in [-0.05, 0) is 64.2 Å². The van der Waals surface area contributed by atoms with Gasteiger partial charge < -0.3 is 19.7 Å². The van der Waals surface area contributed by atoms with Crippen molar-refractivity contribution < 1.29 is 31.8 Å². The number of nitrogens with one attached hydrogen (secondary N) is 1. The molecule has 1 aromatic carbocycles. The summed E-state index contributed by atoms with van der Waals surface area (Å²) in [5, 5.41) is 3.38. The fraction of sp³-hybridized carbons (Fsp3) is 0.650. The maximum atomic E-state index is 13.7. The van der Waals surface area contributed by atoms with Crippen LogP contribution in [0.5, 0.6) is 5.75 Å². The van der Waals surface area contributed by atoms with Gasteiger partial charge in [0.15, 0.2) is 11.6 Å². The average Bonchev–Trinajstić information content (AvgIpc) is 3.21. The Bertz CT molecular complexity index is 757. The molecule has 1 saturated carbocycles. The molecule has 2 aliphatic rings. The Morgan fingerprint density at radius 1 is 1.28 bits per heavy atom. The summed E-state index contributed by atoms with van der Waals surface area (Å²) in [6.07, 6.45) is -2.23. The van der Waals surface area contributed by atoms with Gasteiger partial charge in [-0.15, -0.1) is 13.2 Å². The molecule has 1 heterocycles. The molecule has 0 aromatic heterocycles. The molecule has 1 aromatic rings. The van der Waals surface area contributed by atoms with Crippen LogP contribution in [0, 0.1) is 5.82 Å². The Balaban J connectivity index is 1.66. The molecule has 0 unspecified atom stereocenters. The molecule has 1 amide bonds. The third-order valence-corrected chi connectivity index (χ3v) is 5.14. The van der Waals surface area contributed by atoms with E-state index in [1.54, 1.807) is 4.90 Å². The van der Waals surface area contributed by atoms with Gasteiger partial charge in [-0.2, -0.15) is 0 Å². The second-order valence-corrected chi connectivity index (χ2v) is 8.63. The first-order chi connectivity index (χ1) is 13.4. The quantitative estimate of drug-likeness (QED) is 0.704. The number of hydrogen-bond donors (Lipinski definition) is 1. The number of carbonyl (C=O) groups is 1. The van der Waals surface area contributed by atoms with Gasteiger partial charge >= 0.3 is 12.5 Å². The van der Waals surface area contributed by atoms with Gasteiger partial charge in [0.05, 0.1) is 0 Å². The van der Waals surface area contributed by atoms with Crippen molar-refractivity contribution in [3.8, 4) is 5.75 Å². The molecule has 29 heavy (non-hydrogen) atoms. The molecule has 2 fully saturated rings. The third kappa shape index (κ3) is 5.52. The Hall–Kier alpha value is -2.03. The molecule has 0 spiro atoms. The second kappa shape index (κ2) is 7.66. The maximum absolute atomic E-state index is 13.7. The van der Waals surface area contributed by atoms with E-state index >= 15 is 0 Å². The number of likely N-dealkylation sites (tertiary alicyclic amines) is 1. The van der Waals surface area contributed by atoms with Crippen LogP contribution in [-0.4, -0.2) is 42.1 Å². The number of benzene rings is 1. The lowest BCUT2D eigenvalue weighted by molar-refractivity contribution is -0.275. The molecule has 0 bridgehead atoms. The average molecular weight is 418 g/mol. The molecule has 1 saturated heterocycles. The number of rotatable bonds is 5. The van der Waals surface area contributed by atoms with Gasteiger partial charge in [-0.25, -0.2) is 9.18 Å². The topological polar surface area (TPSA) is 50.8 Å². The second-order valence-electron chi connectivity index (χ2n) is 8.63. The van der Waals surface area contributed by atoms with Crippen LogP contribution >= 0.6 is 0 Å². The van der Waals surface area contributed by atoms with Crippen LogP contribution in [0.25, 0.3) is 0 Å². The standard InChI is InChI=1S/C20H26F4N2O3/c1-18(2,3)29-17(27)26-10-4-5-14(26)12-25-19(8-9-19)13-6-7-15(21)16(11-13)28-20(22,23)24/h6-7,11,14,25H,4-5,8-10,12H2,1-3H3/t14-/m0/s1. The zero-order valence-corrected chi connectivity index (χ0v) is 16.7. The minimum absolute atomic E-state index is 0.0614. The Morgan fingerprint density at radius 2 is 1.97 bits per heavy atom. The molecule has 162 valence electrons. The van der Waals surface area contributed by atoms with Crippen LogP contribution in [0.15, 0.2) is 18.2 Å². The fourth-order valence-corrected chi connectivity index (χ4v) is 3.62. The molecule has 1 aliphatic carbocycles. The van der Waals surface area contributed by atoms with Crippen molar-refractivity contribution in [2.24, 2.45) is 0 Å². The highest BCUT2D eigenvalue weighted by Gasteiger charge is 2.46. The van der Waals surface area contributed by atoms with Crippen LogP contribution in [0.3, 0.4) is 0 Å². The van der Waals surface area contributed by atoms with Crippen LogP contribution in [0.4, 0.5) is 22.4 Å². The summed E-state index contributed by atoms with van der Waals surface area (Å²) >= 11 is 0. The van der Waals surface area contributed by atoms with E-state index in [-0.39, 0.29) is 12.1 Å². The van der Waals surface area contributed by atoms with Gasteiger partial charge in [0.25, 0.3) is 0 Å². The summed E-state index contributed by atoms with van der Waals surface area (Å²) < 4.78 is 60.5. The Morgan fingerprint density at radius 3 is 2.55 bits per heavy atom. The predicted molar refractivity (Wildman–Crippen MR) is 98.0 cm³/mol. The van der Waals surface area contributed by atoms with Gasteiger partial charge in [0.1, 0.15) is 5.60 Å². The van der Waals surface area contributed by atoms with E-state index in [0.29, 0.717) is 31.5 Å². The smallest absolute Gasteiger partial charge is 0.444 e. The lowest BCUT2D eigenvalue weighted by Gasteiger charge is -2.30. The van der Waals surface area contributed by atoms with E-state index in [9.17, 15) is 22.4 Å². The summed E-state index contributed by atoms with van der Waals surface area (Å²) in [6, 6.07) is 3.50. The van der Waals surface area contributed by atoms with Crippen molar-refractivity contribution in [3.05, 3.63) is 29.6 Å². The van der Waals surface area contributed by atoms with Crippen molar-refractivity contribution in [1.82, 2.24) is 10.2 Å². The highest BCUT2D eigenvalue weighted by atomic mass is 19.4. The number of hydrogen-bond acceptors (Lipinski definition) is 4. The molecular weight excluding hydrogens is 392 g/mol. The van der Waals surface area contributed by atoms with Crippen molar-refractivity contribution in [2.45, 2.75) is 70.0 Å². The Kier molecular flexibility index (Phi) is 5.73. The van der Waals surface area contributed by atoms with Crippen LogP contribution in [0.1, 0.15) is 52.0 Å². The number of nitrogens with zero attached hydrogens (tertiary/aromatic N) is 1. The number of carbonyl (C=O) groups excluding carboxylic acids is 1. The zero-order chi connectivity index (χ0) is 21.4. The molecule has 9 heteroatoms. The predicted octanol–water partition coefficient (Wildman–Crippen LogP) is 4.70. The van der Waals surface area contributed by atoms with Crippen LogP contribution < -0.4 is 10.1 Å². The van der Waals surface area contributed by atoms with Crippen molar-refractivity contribution in [1.29, 1.82) is 0 Å². The molecule has 3 rings (SSSR count). The van der Waals surface area contributed by atoms with Crippen molar-refractivity contribution >= 4 is 6.09 Å². The summed E-state index contributed by atoms with van der Waals surface area (Å²) in [6.45, 7) is 6.51. The maximum Gasteiger partial charge on any atom is 0.573 e. The Labute approximate surface area is 167 Å². The highest BCUT2D eigenvalue weighted by Crippen LogP contribution is 2.47. The van der Waals surface area contributed by atoms with E-state index in [0.717, 1.165) is 25.0 Å². The van der Waals surface area contributed by atoms with Crippen molar-refractivity contribution in [3.63, 3.8) is 0 Å². The van der Waals surface area contributed by atoms with Gasteiger partial charge in [0, 0.05) is 24.7 Å². The van der Waals surface area contributed by atoms with E-state index in [2.05, 4.69) is 10.1 Å². The van der Waals surface area contributed by atoms with Crippen molar-refractivity contribution in [2.75, 3.05) is 13.1 Å². The minimum Gasteiger partial charge on any atom is -0.444 e. The van der Waals surface area contributed by atoms with Gasteiger partial charge in [-0.1, -0.05) is 6.07 Å². The van der Waals surface area contributed by atoms with Gasteiger partial charge in [0.2, 0.25) is 0 Å². The fourth-order valence-electron chi connectivity index (χ4n) is 3.62. The van der Waals surface area contributed by atoms with E-state index in [1.165, 1.54) is 6.07 Å². The normalized spacial score (nSPS) is 21.2. The van der Waals surface area contributed by atoms with Crippen LogP contribution in [-0.2, 0) is 10.3 Å². The summed E-state index contributed by atoms with van der Waals surface area (Å²) in [5.41, 5.74) is -0.571. The monoisotopic (exact) mass is 418 g/mol. The van der Waals surface area contributed by atoms with E-state index in [4.69, 9.17) is 4.74 Å². The summed E-state index contributed by atoms with van der Waals surface area (Å²) in [5.74, 6) is -1.90. The lowest BCUT2D eigenvalue weighted by atomic mass is 10.0. The summed E-state index contributed by atoms with van der Waals surface area (Å²) in [7, 11) is 0. The number of halogens is 4. The molecule has 1 aliphatic heterocycles. The first-order valence-corrected chi connectivity index (χ1v) is 9.69. The molecule has 0 radical (unpaired) electrons. The highest BCUT2D eigenvalue weighted by molar-refractivity contribution is 5.69. The number of ether oxygens (including phenoxy) is 2. The first-order valence-electron chi connectivity index (χ1n) is 9.69. The summed E-state index contributed by atoms with van der Waals surface area (Å²) in [4.78, 5) is 14.1. The molecular formula is C20H26F4N2O3. The number of alkyl halides is 3. The lowest BCUT2D eigenvalue weighted by Crippen LogP contribution is -2.46. The zero-order valence-electron chi connectivity index (χ0n) is 16.7. The van der Waals surface area contributed by atoms with Gasteiger partial charge in [-0.3, -0.25) is 0 Å². The first kappa shape index (κ1) is 21.7. The third-order valence-electron chi connectivity index (χ3n) is 5.14.